The molecule has 2 aromatic carbocycles. The molecule has 1 aromatic heterocycles. The van der Waals surface area contributed by atoms with Crippen molar-refractivity contribution in [1.82, 2.24) is 4.57 Å². The molecule has 2 N–H and O–H groups in total. The molecule has 4 nitrogen and oxygen atoms in total. The highest BCUT2D eigenvalue weighted by molar-refractivity contribution is 5.97. The lowest BCUT2D eigenvalue weighted by atomic mass is 9.84. The van der Waals surface area contributed by atoms with E-state index in [1.807, 2.05) is 34.9 Å². The first-order valence-electron chi connectivity index (χ1n) is 8.82. The van der Waals surface area contributed by atoms with Crippen molar-refractivity contribution >= 4 is 16.8 Å². The van der Waals surface area contributed by atoms with Gasteiger partial charge >= 0.3 is 0 Å². The number of nitrogens with zero attached hydrogens (tertiary/aromatic N) is 1. The fourth-order valence-corrected chi connectivity index (χ4v) is 4.15. The van der Waals surface area contributed by atoms with Crippen LogP contribution in [0.4, 0.5) is 4.39 Å². The number of carbonyl (C=O) groups is 1. The van der Waals surface area contributed by atoms with Crippen LogP contribution in [-0.4, -0.2) is 17.6 Å². The lowest BCUT2D eigenvalue weighted by molar-refractivity contribution is -0.119. The molecule has 1 aliphatic carbocycles. The molecule has 0 fully saturated rings. The Kier molecular flexibility index (Phi) is 4.15. The molecule has 3 aromatic rings. The Labute approximate surface area is 151 Å². The number of fused-ring (bicyclic) bond motifs is 3. The number of benzene rings is 2. The van der Waals surface area contributed by atoms with Crippen molar-refractivity contribution < 1.29 is 13.9 Å². The van der Waals surface area contributed by atoms with Gasteiger partial charge in [-0.3, -0.25) is 4.79 Å². The van der Waals surface area contributed by atoms with Gasteiger partial charge in [-0.15, -0.1) is 0 Å². The molecular weight excluding hydrogens is 331 g/mol. The van der Waals surface area contributed by atoms with Crippen LogP contribution in [0.1, 0.15) is 35.6 Å². The number of nitrogens with two attached hydrogens (primary N) is 1. The van der Waals surface area contributed by atoms with Crippen molar-refractivity contribution in [3.63, 3.8) is 0 Å². The minimum Gasteiger partial charge on any atom is -0.496 e. The van der Waals surface area contributed by atoms with Gasteiger partial charge in [0.2, 0.25) is 5.91 Å². The maximum absolute atomic E-state index is 14.9. The zero-order valence-electron chi connectivity index (χ0n) is 14.7. The summed E-state index contributed by atoms with van der Waals surface area (Å²) in [6.07, 6.45) is 2.34. The van der Waals surface area contributed by atoms with Crippen LogP contribution in [0, 0.1) is 5.82 Å². The van der Waals surface area contributed by atoms with Gasteiger partial charge in [-0.2, -0.15) is 0 Å². The second kappa shape index (κ2) is 6.48. The number of carbonyl (C=O) groups excluding carboxylic acids is 1. The van der Waals surface area contributed by atoms with E-state index in [0.29, 0.717) is 29.6 Å². The summed E-state index contributed by atoms with van der Waals surface area (Å²) in [7, 11) is 1.57. The van der Waals surface area contributed by atoms with Crippen molar-refractivity contribution in [2.24, 2.45) is 5.73 Å². The van der Waals surface area contributed by atoms with E-state index in [1.54, 1.807) is 13.2 Å². The maximum Gasteiger partial charge on any atom is 0.225 e. The summed E-state index contributed by atoms with van der Waals surface area (Å²) in [4.78, 5) is 12.1. The van der Waals surface area contributed by atoms with Gasteiger partial charge in [0.15, 0.2) is 0 Å². The van der Waals surface area contributed by atoms with E-state index in [4.69, 9.17) is 10.5 Å². The van der Waals surface area contributed by atoms with Crippen molar-refractivity contribution in [2.75, 3.05) is 7.11 Å². The van der Waals surface area contributed by atoms with Gasteiger partial charge in [0.25, 0.3) is 0 Å². The van der Waals surface area contributed by atoms with E-state index in [1.165, 1.54) is 6.07 Å². The van der Waals surface area contributed by atoms with Crippen molar-refractivity contribution in [3.05, 3.63) is 65.1 Å². The normalized spacial score (nSPS) is 16.5. The Balaban J connectivity index is 2.04. The van der Waals surface area contributed by atoms with Crippen LogP contribution in [0.25, 0.3) is 10.9 Å². The SMILES string of the molecule is COc1ccc(F)c2c1c1c(n2Cc2ccccc2)CCCC1C(N)=O. The molecule has 1 amide bonds. The van der Waals surface area contributed by atoms with E-state index in [0.717, 1.165) is 29.7 Å². The summed E-state index contributed by atoms with van der Waals surface area (Å²) in [5.74, 6) is -0.503. The van der Waals surface area contributed by atoms with Crippen molar-refractivity contribution in [3.8, 4) is 5.75 Å². The zero-order chi connectivity index (χ0) is 18.3. The number of ether oxygens (including phenoxy) is 1. The van der Waals surface area contributed by atoms with Crippen LogP contribution >= 0.6 is 0 Å². The highest BCUT2D eigenvalue weighted by Crippen LogP contribution is 2.44. The zero-order valence-corrected chi connectivity index (χ0v) is 14.7. The van der Waals surface area contributed by atoms with E-state index < -0.39 is 5.92 Å². The quantitative estimate of drug-likeness (QED) is 0.778. The first kappa shape index (κ1) is 16.6. The molecule has 0 spiro atoms. The maximum atomic E-state index is 14.9. The third-order valence-corrected chi connectivity index (χ3v) is 5.27. The number of primary amides is 1. The standard InChI is InChI=1S/C21H21FN2O2/c1-26-17-11-10-15(22)20-19(17)18-14(21(23)25)8-5-9-16(18)24(20)12-13-6-3-2-4-7-13/h2-4,6-7,10-11,14H,5,8-9,12H2,1H3,(H2,23,25). The van der Waals surface area contributed by atoms with E-state index >= 15 is 0 Å². The van der Waals surface area contributed by atoms with Gasteiger partial charge in [0, 0.05) is 17.6 Å². The van der Waals surface area contributed by atoms with Gasteiger partial charge in [-0.05, 0) is 42.5 Å². The lowest BCUT2D eigenvalue weighted by Crippen LogP contribution is -2.25. The highest BCUT2D eigenvalue weighted by atomic mass is 19.1. The number of halogens is 1. The summed E-state index contributed by atoms with van der Waals surface area (Å²) in [5, 5.41) is 0.682. The van der Waals surface area contributed by atoms with Crippen LogP contribution in [0.3, 0.4) is 0 Å². The third kappa shape index (κ3) is 2.55. The molecule has 4 rings (SSSR count). The third-order valence-electron chi connectivity index (χ3n) is 5.27. The Bertz CT molecular complexity index is 979. The van der Waals surface area contributed by atoms with E-state index in [-0.39, 0.29) is 11.7 Å². The first-order valence-corrected chi connectivity index (χ1v) is 8.82. The van der Waals surface area contributed by atoms with Crippen LogP contribution in [0.15, 0.2) is 42.5 Å². The van der Waals surface area contributed by atoms with Gasteiger partial charge in [-0.25, -0.2) is 4.39 Å². The fourth-order valence-electron chi connectivity index (χ4n) is 4.15. The van der Waals surface area contributed by atoms with Crippen LogP contribution in [0.2, 0.25) is 0 Å². The van der Waals surface area contributed by atoms with Gasteiger partial charge in [0.1, 0.15) is 11.6 Å². The summed E-state index contributed by atoms with van der Waals surface area (Å²) in [6, 6.07) is 13.0. The average molecular weight is 352 g/mol. The smallest absolute Gasteiger partial charge is 0.225 e. The van der Waals surface area contributed by atoms with Gasteiger partial charge < -0.3 is 15.0 Å². The molecule has 26 heavy (non-hydrogen) atoms. The summed E-state index contributed by atoms with van der Waals surface area (Å²) < 4.78 is 22.4. The lowest BCUT2D eigenvalue weighted by Gasteiger charge is -2.22. The molecule has 0 aliphatic heterocycles. The first-order chi connectivity index (χ1) is 12.6. The number of hydrogen-bond donors (Lipinski definition) is 1. The number of hydrogen-bond acceptors (Lipinski definition) is 2. The molecule has 1 atom stereocenters. The average Bonchev–Trinajstić information content (AvgIpc) is 2.98. The molecule has 1 heterocycles. The summed E-state index contributed by atoms with van der Waals surface area (Å²) >= 11 is 0. The number of rotatable bonds is 4. The number of amides is 1. The molecule has 0 radical (unpaired) electrons. The van der Waals surface area contributed by atoms with Gasteiger partial charge in [0.05, 0.1) is 18.5 Å². The monoisotopic (exact) mass is 352 g/mol. The number of methoxy groups -OCH3 is 1. The minimum absolute atomic E-state index is 0.311. The minimum atomic E-state index is -0.408. The summed E-state index contributed by atoms with van der Waals surface area (Å²) in [6.45, 7) is 0.544. The molecule has 0 saturated carbocycles. The molecular formula is C21H21FN2O2. The second-order valence-corrected chi connectivity index (χ2v) is 6.75. The Morgan fingerprint density at radius 1 is 1.27 bits per heavy atom. The largest absolute Gasteiger partial charge is 0.496 e. The molecule has 0 saturated heterocycles. The molecule has 1 unspecified atom stereocenters. The molecule has 0 bridgehead atoms. The van der Waals surface area contributed by atoms with Crippen LogP contribution < -0.4 is 10.5 Å². The Morgan fingerprint density at radius 2 is 2.04 bits per heavy atom. The number of aromatic nitrogens is 1. The molecule has 1 aliphatic rings. The topological polar surface area (TPSA) is 57.2 Å². The highest BCUT2D eigenvalue weighted by Gasteiger charge is 2.33. The Hall–Kier alpha value is -2.82. The Morgan fingerprint density at radius 3 is 2.73 bits per heavy atom. The second-order valence-electron chi connectivity index (χ2n) is 6.75. The summed E-state index contributed by atoms with van der Waals surface area (Å²) in [5.41, 5.74) is 9.08. The van der Waals surface area contributed by atoms with Gasteiger partial charge in [-0.1, -0.05) is 30.3 Å². The molecule has 5 heteroatoms. The fraction of sp³-hybridized carbons (Fsp3) is 0.286. The van der Waals surface area contributed by atoms with E-state index in [9.17, 15) is 9.18 Å². The van der Waals surface area contributed by atoms with Crippen LogP contribution in [0.5, 0.6) is 5.75 Å². The predicted octanol–water partition coefficient (Wildman–Crippen LogP) is 3.74. The van der Waals surface area contributed by atoms with Crippen LogP contribution in [-0.2, 0) is 17.8 Å². The van der Waals surface area contributed by atoms with Crippen molar-refractivity contribution in [2.45, 2.75) is 31.7 Å². The molecule has 134 valence electrons. The van der Waals surface area contributed by atoms with Crippen molar-refractivity contribution in [1.29, 1.82) is 0 Å². The van der Waals surface area contributed by atoms with E-state index in [2.05, 4.69) is 0 Å². The predicted molar refractivity (Wildman–Crippen MR) is 98.9 cm³/mol.